The highest BCUT2D eigenvalue weighted by molar-refractivity contribution is 9.10. The van der Waals surface area contributed by atoms with E-state index in [1.165, 1.54) is 76.3 Å². The van der Waals surface area contributed by atoms with Crippen molar-refractivity contribution in [2.75, 3.05) is 0 Å². The minimum Gasteiger partial charge on any atom is -0.0616 e. The van der Waals surface area contributed by atoms with Gasteiger partial charge in [0.15, 0.2) is 0 Å². The van der Waals surface area contributed by atoms with Gasteiger partial charge < -0.3 is 0 Å². The minimum atomic E-state index is 0.190. The average molecular weight is 568 g/mol. The molecule has 4 bridgehead atoms. The summed E-state index contributed by atoms with van der Waals surface area (Å²) in [5.41, 5.74) is 11.7. The van der Waals surface area contributed by atoms with Crippen LogP contribution >= 0.6 is 15.9 Å². The van der Waals surface area contributed by atoms with E-state index in [0.717, 1.165) is 28.1 Å². The predicted molar refractivity (Wildman–Crippen MR) is 166 cm³/mol. The molecule has 10 rings (SSSR count). The molecule has 0 atom stereocenters. The number of fused-ring (bicyclic) bond motifs is 4. The standard InChI is InChI=1S/C38H31Br/c39-32-14-12-26(13-15-32)25-8-10-27(11-9-25)33-6-3-7-35-37(33)34-21-28-4-1-2-5-29(28)22-36(34)38(35)30-17-23-16-24(19-30)20-31(38)18-23/h1-15,21-24,30-31H,16-20H2. The molecular weight excluding hydrogens is 536 g/mol. The van der Waals surface area contributed by atoms with Gasteiger partial charge in [-0.3, -0.25) is 0 Å². The molecule has 39 heavy (non-hydrogen) atoms. The third kappa shape index (κ3) is 3.11. The zero-order valence-corrected chi connectivity index (χ0v) is 23.6. The lowest BCUT2D eigenvalue weighted by atomic mass is 9.43. The Balaban J connectivity index is 1.27. The van der Waals surface area contributed by atoms with Crippen molar-refractivity contribution in [3.8, 4) is 33.4 Å². The van der Waals surface area contributed by atoms with Crippen LogP contribution in [0.4, 0.5) is 0 Å². The first kappa shape index (κ1) is 22.6. The maximum atomic E-state index is 3.57. The lowest BCUT2D eigenvalue weighted by Gasteiger charge is -2.61. The summed E-state index contributed by atoms with van der Waals surface area (Å²) in [5, 5.41) is 2.76. The van der Waals surface area contributed by atoms with Gasteiger partial charge in [0.05, 0.1) is 0 Å². The summed E-state index contributed by atoms with van der Waals surface area (Å²) in [6.07, 6.45) is 7.18. The van der Waals surface area contributed by atoms with E-state index in [9.17, 15) is 0 Å². The van der Waals surface area contributed by atoms with Crippen LogP contribution in [0, 0.1) is 23.7 Å². The van der Waals surface area contributed by atoms with Gasteiger partial charge in [-0.2, -0.15) is 0 Å². The molecule has 4 fully saturated rings. The van der Waals surface area contributed by atoms with Crippen LogP contribution in [-0.2, 0) is 5.41 Å². The van der Waals surface area contributed by atoms with Gasteiger partial charge in [-0.1, -0.05) is 94.8 Å². The Labute approximate surface area is 239 Å². The van der Waals surface area contributed by atoms with Crippen molar-refractivity contribution in [1.29, 1.82) is 0 Å². The van der Waals surface area contributed by atoms with Crippen LogP contribution in [0.2, 0.25) is 0 Å². The van der Waals surface area contributed by atoms with E-state index in [2.05, 4.69) is 119 Å². The van der Waals surface area contributed by atoms with Crippen molar-refractivity contribution >= 4 is 26.7 Å². The molecule has 0 radical (unpaired) electrons. The molecule has 0 heterocycles. The molecule has 1 spiro atoms. The maximum absolute atomic E-state index is 3.57. The Bertz CT molecular complexity index is 1730. The van der Waals surface area contributed by atoms with Crippen molar-refractivity contribution in [3.05, 3.63) is 119 Å². The second kappa shape index (κ2) is 8.18. The summed E-state index contributed by atoms with van der Waals surface area (Å²) in [5.74, 6) is 3.48. The Kier molecular flexibility index (Phi) is 4.75. The van der Waals surface area contributed by atoms with Gasteiger partial charge in [-0.05, 0) is 135 Å². The van der Waals surface area contributed by atoms with Gasteiger partial charge in [-0.25, -0.2) is 0 Å². The Hall–Kier alpha value is -3.16. The van der Waals surface area contributed by atoms with E-state index in [-0.39, 0.29) is 5.41 Å². The molecule has 0 unspecified atom stereocenters. The minimum absolute atomic E-state index is 0.190. The normalized spacial score (nSPS) is 27.7. The molecule has 5 aromatic rings. The number of halogens is 1. The predicted octanol–water partition coefficient (Wildman–Crippen LogP) is 10.7. The molecule has 0 aliphatic heterocycles. The van der Waals surface area contributed by atoms with Gasteiger partial charge in [0.2, 0.25) is 0 Å². The summed E-state index contributed by atoms with van der Waals surface area (Å²) in [6.45, 7) is 0. The molecule has 0 amide bonds. The van der Waals surface area contributed by atoms with E-state index in [0.29, 0.717) is 0 Å². The highest BCUT2D eigenvalue weighted by atomic mass is 79.9. The first-order valence-electron chi connectivity index (χ1n) is 14.7. The molecule has 0 nitrogen and oxygen atoms in total. The van der Waals surface area contributed by atoms with Crippen LogP contribution in [0.15, 0.2) is 108 Å². The summed E-state index contributed by atoms with van der Waals surface area (Å²) >= 11 is 3.57. The Morgan fingerprint density at radius 3 is 1.77 bits per heavy atom. The van der Waals surface area contributed by atoms with Crippen LogP contribution in [0.5, 0.6) is 0 Å². The second-order valence-electron chi connectivity index (χ2n) is 12.7. The summed E-state index contributed by atoms with van der Waals surface area (Å²) in [6, 6.07) is 39.3. The van der Waals surface area contributed by atoms with Gasteiger partial charge in [0, 0.05) is 9.89 Å². The molecule has 0 saturated heterocycles. The van der Waals surface area contributed by atoms with E-state index in [1.54, 1.807) is 11.1 Å². The third-order valence-corrected chi connectivity index (χ3v) is 11.4. The number of hydrogen-bond donors (Lipinski definition) is 0. The van der Waals surface area contributed by atoms with Crippen LogP contribution < -0.4 is 0 Å². The van der Waals surface area contributed by atoms with E-state index in [1.807, 2.05) is 0 Å². The number of rotatable bonds is 2. The summed E-state index contributed by atoms with van der Waals surface area (Å²) in [7, 11) is 0. The number of hydrogen-bond acceptors (Lipinski definition) is 0. The quantitative estimate of drug-likeness (QED) is 0.199. The van der Waals surface area contributed by atoms with Crippen molar-refractivity contribution in [3.63, 3.8) is 0 Å². The molecule has 0 aromatic heterocycles. The lowest BCUT2D eigenvalue weighted by molar-refractivity contribution is -0.0398. The van der Waals surface area contributed by atoms with Gasteiger partial charge in [0.1, 0.15) is 0 Å². The molecule has 0 N–H and O–H groups in total. The fourth-order valence-corrected chi connectivity index (χ4v) is 9.92. The topological polar surface area (TPSA) is 0 Å². The summed E-state index contributed by atoms with van der Waals surface area (Å²) < 4.78 is 1.12. The van der Waals surface area contributed by atoms with Gasteiger partial charge >= 0.3 is 0 Å². The highest BCUT2D eigenvalue weighted by Crippen LogP contribution is 2.70. The average Bonchev–Trinajstić information content (AvgIpc) is 3.25. The largest absolute Gasteiger partial charge is 0.0616 e. The zero-order chi connectivity index (χ0) is 25.7. The van der Waals surface area contributed by atoms with Crippen LogP contribution in [0.1, 0.15) is 43.2 Å². The van der Waals surface area contributed by atoms with Crippen LogP contribution in [0.3, 0.4) is 0 Å². The van der Waals surface area contributed by atoms with E-state index < -0.39 is 0 Å². The van der Waals surface area contributed by atoms with E-state index >= 15 is 0 Å². The van der Waals surface area contributed by atoms with Crippen molar-refractivity contribution in [2.24, 2.45) is 23.7 Å². The SMILES string of the molecule is Brc1ccc(-c2ccc(-c3cccc4c3-c3cc5ccccc5cc3C43C4CC5CC(C4)CC3C5)cc2)cc1. The zero-order valence-electron chi connectivity index (χ0n) is 22.0. The second-order valence-corrected chi connectivity index (χ2v) is 13.6. The molecule has 4 saturated carbocycles. The molecule has 5 aliphatic rings. The molecule has 1 heteroatoms. The Morgan fingerprint density at radius 2 is 1.10 bits per heavy atom. The molecule has 5 aromatic carbocycles. The first-order valence-corrected chi connectivity index (χ1v) is 15.5. The highest BCUT2D eigenvalue weighted by Gasteiger charge is 2.61. The molecule has 5 aliphatic carbocycles. The van der Waals surface area contributed by atoms with Gasteiger partial charge in [-0.15, -0.1) is 0 Å². The smallest absolute Gasteiger partial charge is 0.0272 e. The lowest BCUT2D eigenvalue weighted by Crippen LogP contribution is -2.55. The van der Waals surface area contributed by atoms with Crippen LogP contribution in [-0.4, -0.2) is 0 Å². The molecular formula is C38H31Br. The monoisotopic (exact) mass is 566 g/mol. The number of benzene rings is 5. The summed E-state index contributed by atoms with van der Waals surface area (Å²) in [4.78, 5) is 0. The van der Waals surface area contributed by atoms with E-state index in [4.69, 9.17) is 0 Å². The third-order valence-electron chi connectivity index (χ3n) is 10.9. The Morgan fingerprint density at radius 1 is 0.513 bits per heavy atom. The maximum Gasteiger partial charge on any atom is 0.0272 e. The van der Waals surface area contributed by atoms with Crippen molar-refractivity contribution < 1.29 is 0 Å². The van der Waals surface area contributed by atoms with Crippen molar-refractivity contribution in [1.82, 2.24) is 0 Å². The molecule has 190 valence electrons. The first-order chi connectivity index (χ1) is 19.2. The van der Waals surface area contributed by atoms with Gasteiger partial charge in [0.25, 0.3) is 0 Å². The van der Waals surface area contributed by atoms with Crippen molar-refractivity contribution in [2.45, 2.75) is 37.5 Å². The van der Waals surface area contributed by atoms with Crippen LogP contribution in [0.25, 0.3) is 44.2 Å². The fraction of sp³-hybridized carbons (Fsp3) is 0.263. The fourth-order valence-electron chi connectivity index (χ4n) is 9.65.